The van der Waals surface area contributed by atoms with Gasteiger partial charge in [-0.1, -0.05) is 5.21 Å². The van der Waals surface area contributed by atoms with Crippen LogP contribution >= 0.6 is 0 Å². The van der Waals surface area contributed by atoms with E-state index in [1.54, 1.807) is 12.1 Å². The van der Waals surface area contributed by atoms with Gasteiger partial charge in [-0.15, -0.1) is 5.10 Å². The number of amides is 1. The summed E-state index contributed by atoms with van der Waals surface area (Å²) in [5.74, 6) is 0.0792. The first-order chi connectivity index (χ1) is 11.5. The summed E-state index contributed by atoms with van der Waals surface area (Å²) in [6.07, 6.45) is 8.40. The third kappa shape index (κ3) is 2.62. The van der Waals surface area contributed by atoms with Gasteiger partial charge in [0.05, 0.1) is 51.2 Å². The second-order valence-electron chi connectivity index (χ2n) is 7.49. The maximum atomic E-state index is 11.9. The van der Waals surface area contributed by atoms with E-state index in [-0.39, 0.29) is 5.91 Å². The van der Waals surface area contributed by atoms with Crippen LogP contribution in [0.5, 0.6) is 0 Å². The van der Waals surface area contributed by atoms with Crippen molar-refractivity contribution in [2.24, 2.45) is 0 Å². The number of hydrogen-bond donors (Lipinski definition) is 1. The van der Waals surface area contributed by atoms with Gasteiger partial charge in [0.25, 0.3) is 5.91 Å². The summed E-state index contributed by atoms with van der Waals surface area (Å²) in [5, 5.41) is 11.3. The molecule has 3 atom stereocenters. The lowest BCUT2D eigenvalue weighted by Gasteiger charge is -2.44. The van der Waals surface area contributed by atoms with Gasteiger partial charge in [-0.2, -0.15) is 0 Å². The molecule has 2 saturated heterocycles. The number of fused-ring (bicyclic) bond motifs is 2. The van der Waals surface area contributed by atoms with E-state index < -0.39 is 0 Å². The molecule has 0 aromatic carbocycles. The molecule has 128 valence electrons. The lowest BCUT2D eigenvalue weighted by Crippen LogP contribution is -2.54. The van der Waals surface area contributed by atoms with Gasteiger partial charge in [-0.25, -0.2) is 4.68 Å². The Morgan fingerprint density at radius 1 is 1.38 bits per heavy atom. The summed E-state index contributed by atoms with van der Waals surface area (Å²) < 4.78 is 8.23. The van der Waals surface area contributed by atoms with Gasteiger partial charge in [0.15, 0.2) is 5.76 Å². The van der Waals surface area contributed by atoms with Crippen molar-refractivity contribution in [2.45, 2.75) is 50.4 Å². The lowest BCUT2D eigenvalue weighted by molar-refractivity contribution is -0.931. The Bertz CT molecular complexity index is 705. The molecule has 1 unspecified atom stereocenters. The minimum atomic E-state index is -0.232. The third-order valence-corrected chi connectivity index (χ3v) is 5.91. The van der Waals surface area contributed by atoms with Crippen LogP contribution in [-0.2, 0) is 6.54 Å². The van der Waals surface area contributed by atoms with Crippen molar-refractivity contribution < 1.29 is 13.7 Å². The summed E-state index contributed by atoms with van der Waals surface area (Å²) >= 11 is 0. The molecule has 0 spiro atoms. The summed E-state index contributed by atoms with van der Waals surface area (Å²) in [5.41, 5.74) is 0.779. The van der Waals surface area contributed by atoms with Crippen molar-refractivity contribution in [1.29, 1.82) is 0 Å². The van der Waals surface area contributed by atoms with Crippen molar-refractivity contribution in [2.75, 3.05) is 14.1 Å². The Kier molecular flexibility index (Phi) is 3.68. The zero-order valence-electron chi connectivity index (χ0n) is 14.2. The molecule has 4 heterocycles. The number of piperidine rings is 1. The van der Waals surface area contributed by atoms with Crippen molar-refractivity contribution >= 4 is 5.91 Å². The average Bonchev–Trinajstić information content (AvgIpc) is 3.25. The van der Waals surface area contributed by atoms with Gasteiger partial charge in [0.2, 0.25) is 0 Å². The summed E-state index contributed by atoms with van der Waals surface area (Å²) in [6.45, 7) is 0.362. The van der Waals surface area contributed by atoms with Crippen LogP contribution < -0.4 is 5.32 Å². The number of furan rings is 1. The van der Waals surface area contributed by atoms with Crippen molar-refractivity contribution in [3.8, 4) is 0 Å². The number of nitrogens with one attached hydrogen (secondary N) is 1. The largest absolute Gasteiger partial charge is 0.459 e. The summed E-state index contributed by atoms with van der Waals surface area (Å²) in [4.78, 5) is 11.9. The van der Waals surface area contributed by atoms with Crippen LogP contribution in [0.3, 0.4) is 0 Å². The van der Waals surface area contributed by atoms with E-state index in [4.69, 9.17) is 4.42 Å². The molecule has 2 fully saturated rings. The number of rotatable bonds is 4. The molecular formula is C17H24N5O2+. The number of hydrogen-bond acceptors (Lipinski definition) is 4. The highest BCUT2D eigenvalue weighted by molar-refractivity contribution is 5.91. The predicted molar refractivity (Wildman–Crippen MR) is 87.1 cm³/mol. The number of carbonyl (C=O) groups is 1. The van der Waals surface area contributed by atoms with Gasteiger partial charge in [-0.3, -0.25) is 4.79 Å². The lowest BCUT2D eigenvalue weighted by atomic mass is 9.96. The molecule has 0 aliphatic carbocycles. The van der Waals surface area contributed by atoms with Gasteiger partial charge < -0.3 is 14.2 Å². The van der Waals surface area contributed by atoms with Crippen LogP contribution in [0.1, 0.15) is 48.0 Å². The molecule has 0 saturated carbocycles. The minimum Gasteiger partial charge on any atom is -0.459 e. The topological polar surface area (TPSA) is 73.0 Å². The van der Waals surface area contributed by atoms with Gasteiger partial charge in [0, 0.05) is 25.7 Å². The SMILES string of the molecule is C[N+]1(C)[C@@H]2CC[C@H]1CC(n1cc(CNC(=O)c3ccco3)nn1)C2. The second-order valence-corrected chi connectivity index (χ2v) is 7.49. The highest BCUT2D eigenvalue weighted by Gasteiger charge is 2.49. The van der Waals surface area contributed by atoms with Crippen molar-refractivity contribution in [3.63, 3.8) is 0 Å². The van der Waals surface area contributed by atoms with Gasteiger partial charge in [0.1, 0.15) is 5.69 Å². The normalized spacial score (nSPS) is 28.0. The van der Waals surface area contributed by atoms with Crippen LogP contribution in [0, 0.1) is 0 Å². The predicted octanol–water partition coefficient (Wildman–Crippen LogP) is 1.74. The third-order valence-electron chi connectivity index (χ3n) is 5.91. The second kappa shape index (κ2) is 5.73. The van der Waals surface area contributed by atoms with E-state index in [9.17, 15) is 4.79 Å². The molecule has 1 amide bonds. The van der Waals surface area contributed by atoms with E-state index >= 15 is 0 Å². The molecule has 2 aliphatic heterocycles. The zero-order chi connectivity index (χ0) is 16.7. The van der Waals surface area contributed by atoms with Crippen LogP contribution in [0.4, 0.5) is 0 Å². The Hall–Kier alpha value is -2.15. The summed E-state index contributed by atoms with van der Waals surface area (Å²) in [6, 6.07) is 5.21. The zero-order valence-corrected chi connectivity index (χ0v) is 14.2. The van der Waals surface area contributed by atoms with Crippen molar-refractivity contribution in [3.05, 3.63) is 36.0 Å². The van der Waals surface area contributed by atoms with E-state index in [1.165, 1.54) is 19.1 Å². The number of carbonyl (C=O) groups excluding carboxylic acids is 1. The Morgan fingerprint density at radius 2 is 2.12 bits per heavy atom. The maximum Gasteiger partial charge on any atom is 0.287 e. The molecule has 24 heavy (non-hydrogen) atoms. The van der Waals surface area contributed by atoms with Gasteiger partial charge in [-0.05, 0) is 12.1 Å². The number of nitrogens with zero attached hydrogens (tertiary/aromatic N) is 4. The molecule has 0 radical (unpaired) electrons. The highest BCUT2D eigenvalue weighted by Crippen LogP contribution is 2.43. The van der Waals surface area contributed by atoms with Crippen LogP contribution in [-0.4, -0.2) is 51.6 Å². The van der Waals surface area contributed by atoms with Crippen LogP contribution in [0.15, 0.2) is 29.0 Å². The molecule has 7 heteroatoms. The van der Waals surface area contributed by atoms with Crippen LogP contribution in [0.2, 0.25) is 0 Å². The Morgan fingerprint density at radius 3 is 2.79 bits per heavy atom. The quantitative estimate of drug-likeness (QED) is 0.867. The maximum absolute atomic E-state index is 11.9. The molecule has 2 aliphatic rings. The fraction of sp³-hybridized carbons (Fsp3) is 0.588. The standard InChI is InChI=1S/C17H23N5O2/c1-22(2)14-5-6-15(22)9-13(8-14)21-11-12(19-20-21)10-18-17(23)16-4-3-7-24-16/h3-4,7,11,13-15H,5-6,8-10H2,1-2H3/p+1/t13?,14-,15+. The Balaban J connectivity index is 1.38. The first kappa shape index (κ1) is 15.4. The molecular weight excluding hydrogens is 306 g/mol. The van der Waals surface area contributed by atoms with E-state index in [2.05, 4.69) is 29.7 Å². The Labute approximate surface area is 141 Å². The first-order valence-electron chi connectivity index (χ1n) is 8.60. The van der Waals surface area contributed by atoms with Crippen LogP contribution in [0.25, 0.3) is 0 Å². The number of aromatic nitrogens is 3. The molecule has 1 N–H and O–H groups in total. The number of quaternary nitrogens is 1. The smallest absolute Gasteiger partial charge is 0.287 e. The molecule has 7 nitrogen and oxygen atoms in total. The fourth-order valence-corrected chi connectivity index (χ4v) is 4.31. The summed E-state index contributed by atoms with van der Waals surface area (Å²) in [7, 11) is 4.71. The van der Waals surface area contributed by atoms with E-state index in [1.807, 2.05) is 10.9 Å². The van der Waals surface area contributed by atoms with Gasteiger partial charge >= 0.3 is 0 Å². The minimum absolute atomic E-state index is 0.232. The van der Waals surface area contributed by atoms with Crippen molar-refractivity contribution in [1.82, 2.24) is 20.3 Å². The average molecular weight is 330 g/mol. The monoisotopic (exact) mass is 330 g/mol. The molecule has 2 aromatic heterocycles. The van der Waals surface area contributed by atoms with E-state index in [0.717, 1.165) is 35.1 Å². The molecule has 4 rings (SSSR count). The van der Waals surface area contributed by atoms with E-state index in [0.29, 0.717) is 18.3 Å². The molecule has 2 bridgehead atoms. The fourth-order valence-electron chi connectivity index (χ4n) is 4.31. The highest BCUT2D eigenvalue weighted by atomic mass is 16.3. The first-order valence-corrected chi connectivity index (χ1v) is 8.60. The molecule has 2 aromatic rings.